The van der Waals surface area contributed by atoms with E-state index in [0.29, 0.717) is 11.1 Å². The number of hydrogen-bond donors (Lipinski definition) is 0. The molecule has 0 bridgehead atoms. The minimum atomic E-state index is -1.31. The van der Waals surface area contributed by atoms with E-state index in [1.165, 1.54) is 0 Å². The molecular formula is C15H11Cl2FS. The van der Waals surface area contributed by atoms with Gasteiger partial charge in [-0.1, -0.05) is 83.5 Å². The standard InChI is InChI=1S/C15H11Cl2FS/c16-14(17)13(11-7-3-1-4-8-11)15(18)19-12-9-5-2-6-10-12/h1-10,15H. The van der Waals surface area contributed by atoms with Gasteiger partial charge >= 0.3 is 0 Å². The summed E-state index contributed by atoms with van der Waals surface area (Å²) in [5.41, 5.74) is -0.314. The molecule has 0 N–H and O–H groups in total. The van der Waals surface area contributed by atoms with Gasteiger partial charge in [-0.15, -0.1) is 0 Å². The first-order valence-corrected chi connectivity index (χ1v) is 7.28. The van der Waals surface area contributed by atoms with E-state index < -0.39 is 5.50 Å². The van der Waals surface area contributed by atoms with E-state index in [1.807, 2.05) is 48.5 Å². The molecule has 0 radical (unpaired) electrons. The van der Waals surface area contributed by atoms with Crippen LogP contribution in [0.2, 0.25) is 0 Å². The van der Waals surface area contributed by atoms with E-state index in [1.54, 1.807) is 12.1 Å². The van der Waals surface area contributed by atoms with Gasteiger partial charge in [0.15, 0.2) is 5.50 Å². The lowest BCUT2D eigenvalue weighted by atomic mass is 10.1. The topological polar surface area (TPSA) is 0 Å². The quantitative estimate of drug-likeness (QED) is 0.631. The lowest BCUT2D eigenvalue weighted by Crippen LogP contribution is -1.99. The van der Waals surface area contributed by atoms with Crippen LogP contribution in [0.15, 0.2) is 70.1 Å². The molecule has 1 unspecified atom stereocenters. The van der Waals surface area contributed by atoms with E-state index in [9.17, 15) is 4.39 Å². The fourth-order valence-corrected chi connectivity index (χ4v) is 3.09. The van der Waals surface area contributed by atoms with Crippen molar-refractivity contribution in [2.45, 2.75) is 10.4 Å². The van der Waals surface area contributed by atoms with Crippen molar-refractivity contribution in [1.29, 1.82) is 0 Å². The van der Waals surface area contributed by atoms with Gasteiger partial charge in [-0.3, -0.25) is 0 Å². The molecule has 0 aliphatic rings. The lowest BCUT2D eigenvalue weighted by Gasteiger charge is -2.13. The number of benzene rings is 2. The van der Waals surface area contributed by atoms with Crippen LogP contribution < -0.4 is 0 Å². The van der Waals surface area contributed by atoms with Gasteiger partial charge in [0.2, 0.25) is 0 Å². The number of alkyl halides is 1. The second-order valence-corrected chi connectivity index (χ2v) is 5.86. The fraction of sp³-hybridized carbons (Fsp3) is 0.0667. The minimum absolute atomic E-state index is 0.0397. The first kappa shape index (κ1) is 14.4. The third-order valence-corrected chi connectivity index (χ3v) is 3.89. The van der Waals surface area contributed by atoms with E-state index in [4.69, 9.17) is 23.2 Å². The highest BCUT2D eigenvalue weighted by atomic mass is 35.5. The molecule has 0 aromatic heterocycles. The van der Waals surface area contributed by atoms with Crippen LogP contribution in [0.25, 0.3) is 5.57 Å². The Labute approximate surface area is 126 Å². The Morgan fingerprint density at radius 2 is 1.42 bits per heavy atom. The van der Waals surface area contributed by atoms with Crippen molar-refractivity contribution in [2.24, 2.45) is 0 Å². The molecule has 0 aliphatic heterocycles. The Morgan fingerprint density at radius 3 is 1.95 bits per heavy atom. The Hall–Kier alpha value is -0.960. The van der Waals surface area contributed by atoms with E-state index in [2.05, 4.69) is 0 Å². The van der Waals surface area contributed by atoms with Crippen molar-refractivity contribution in [2.75, 3.05) is 0 Å². The van der Waals surface area contributed by atoms with Crippen molar-refractivity contribution >= 4 is 40.5 Å². The molecule has 2 rings (SSSR count). The SMILES string of the molecule is FC(Sc1ccccc1)C(=C(Cl)Cl)c1ccccc1. The number of rotatable bonds is 4. The maximum atomic E-state index is 14.4. The molecule has 0 fully saturated rings. The van der Waals surface area contributed by atoms with Crippen molar-refractivity contribution < 1.29 is 4.39 Å². The van der Waals surface area contributed by atoms with Crippen molar-refractivity contribution in [3.05, 3.63) is 70.7 Å². The third kappa shape index (κ3) is 4.00. The van der Waals surface area contributed by atoms with Crippen LogP contribution in [-0.2, 0) is 0 Å². The smallest absolute Gasteiger partial charge is 0.178 e. The van der Waals surface area contributed by atoms with Crippen LogP contribution >= 0.6 is 35.0 Å². The molecule has 0 saturated heterocycles. The third-order valence-electron chi connectivity index (χ3n) is 2.50. The van der Waals surface area contributed by atoms with Crippen LogP contribution in [0.1, 0.15) is 5.56 Å². The molecule has 0 amide bonds. The van der Waals surface area contributed by atoms with Gasteiger partial charge in [-0.05, 0) is 17.7 Å². The summed E-state index contributed by atoms with van der Waals surface area (Å²) in [6.07, 6.45) is 0. The average molecular weight is 313 g/mol. The van der Waals surface area contributed by atoms with Crippen LogP contribution in [0.3, 0.4) is 0 Å². The first-order chi connectivity index (χ1) is 9.18. The van der Waals surface area contributed by atoms with Gasteiger partial charge in [0.25, 0.3) is 0 Å². The zero-order chi connectivity index (χ0) is 13.7. The lowest BCUT2D eigenvalue weighted by molar-refractivity contribution is 0.531. The zero-order valence-corrected chi connectivity index (χ0v) is 12.2. The van der Waals surface area contributed by atoms with Gasteiger partial charge in [0.05, 0.1) is 0 Å². The molecule has 19 heavy (non-hydrogen) atoms. The van der Waals surface area contributed by atoms with Gasteiger partial charge in [-0.25, -0.2) is 4.39 Å². The van der Waals surface area contributed by atoms with Gasteiger partial charge < -0.3 is 0 Å². The largest absolute Gasteiger partial charge is 0.230 e. The molecule has 0 nitrogen and oxygen atoms in total. The second kappa shape index (κ2) is 6.99. The normalized spacial score (nSPS) is 11.9. The summed E-state index contributed by atoms with van der Waals surface area (Å²) >= 11 is 12.7. The van der Waals surface area contributed by atoms with Crippen LogP contribution in [0, 0.1) is 0 Å². The maximum absolute atomic E-state index is 14.4. The fourth-order valence-electron chi connectivity index (χ4n) is 1.62. The van der Waals surface area contributed by atoms with Gasteiger partial charge in [0, 0.05) is 10.5 Å². The molecular weight excluding hydrogens is 302 g/mol. The Morgan fingerprint density at radius 1 is 0.895 bits per heavy atom. The number of hydrogen-bond acceptors (Lipinski definition) is 1. The van der Waals surface area contributed by atoms with E-state index in [0.717, 1.165) is 16.7 Å². The highest BCUT2D eigenvalue weighted by molar-refractivity contribution is 8.00. The van der Waals surface area contributed by atoms with Crippen molar-refractivity contribution in [3.63, 3.8) is 0 Å². The highest BCUT2D eigenvalue weighted by Crippen LogP contribution is 2.37. The zero-order valence-electron chi connectivity index (χ0n) is 9.89. The van der Waals surface area contributed by atoms with Crippen LogP contribution in [-0.4, -0.2) is 5.50 Å². The highest BCUT2D eigenvalue weighted by Gasteiger charge is 2.19. The summed E-state index contributed by atoms with van der Waals surface area (Å²) in [7, 11) is 0. The van der Waals surface area contributed by atoms with Crippen molar-refractivity contribution in [3.8, 4) is 0 Å². The predicted octanol–water partition coefficient (Wildman–Crippen LogP) is 5.92. The van der Waals surface area contributed by atoms with E-state index in [-0.39, 0.29) is 4.49 Å². The summed E-state index contributed by atoms with van der Waals surface area (Å²) < 4.78 is 14.4. The summed E-state index contributed by atoms with van der Waals surface area (Å²) in [5.74, 6) is 0. The Kier molecular flexibility index (Phi) is 5.32. The maximum Gasteiger partial charge on any atom is 0.178 e. The first-order valence-electron chi connectivity index (χ1n) is 5.65. The summed E-state index contributed by atoms with van der Waals surface area (Å²) in [6.45, 7) is 0. The molecule has 0 heterocycles. The predicted molar refractivity (Wildman–Crippen MR) is 82.3 cm³/mol. The average Bonchev–Trinajstić information content (AvgIpc) is 2.40. The summed E-state index contributed by atoms with van der Waals surface area (Å²) in [4.78, 5) is 0.831. The molecule has 98 valence electrons. The van der Waals surface area contributed by atoms with Crippen molar-refractivity contribution in [1.82, 2.24) is 0 Å². The molecule has 0 aliphatic carbocycles. The Balaban J connectivity index is 2.25. The van der Waals surface area contributed by atoms with Gasteiger partial charge in [-0.2, -0.15) is 0 Å². The number of thioether (sulfide) groups is 1. The molecule has 4 heteroatoms. The second-order valence-electron chi connectivity index (χ2n) is 3.79. The van der Waals surface area contributed by atoms with Crippen LogP contribution in [0.5, 0.6) is 0 Å². The number of halogens is 3. The molecule has 1 atom stereocenters. The molecule has 0 saturated carbocycles. The molecule has 2 aromatic carbocycles. The minimum Gasteiger partial charge on any atom is -0.230 e. The summed E-state index contributed by atoms with van der Waals surface area (Å²) in [6, 6.07) is 18.4. The van der Waals surface area contributed by atoms with Gasteiger partial charge in [0.1, 0.15) is 4.49 Å². The Bertz CT molecular complexity index is 551. The van der Waals surface area contributed by atoms with E-state index >= 15 is 0 Å². The summed E-state index contributed by atoms with van der Waals surface area (Å²) in [5, 5.41) is 0. The molecule has 0 spiro atoms. The van der Waals surface area contributed by atoms with Crippen LogP contribution in [0.4, 0.5) is 4.39 Å². The molecule has 2 aromatic rings. The monoisotopic (exact) mass is 312 g/mol.